The van der Waals surface area contributed by atoms with Gasteiger partial charge in [0, 0.05) is 36.9 Å². The number of hydrogen-bond acceptors (Lipinski definition) is 6. The Morgan fingerprint density at radius 1 is 1.07 bits per heavy atom. The Balaban J connectivity index is 1.88. The molecule has 27 heavy (non-hydrogen) atoms. The monoisotopic (exact) mass is 358 g/mol. The van der Waals surface area contributed by atoms with Crippen molar-refractivity contribution in [3.63, 3.8) is 0 Å². The standard InChI is InChI=1S/C21H22N6/c1-3-19-10-18(7-8-25-19)21(13-27(2)20(22)26-21)17-6-4-5-15(9-17)16-11-23-14-24-12-16/h4-12,14H,3,13H2,1-2H3,(H2,22,26)/t21-/m0/s1. The number of guanidine groups is 1. The molecule has 0 amide bonds. The number of rotatable bonds is 4. The molecule has 0 saturated heterocycles. The van der Waals surface area contributed by atoms with E-state index in [1.54, 1.807) is 0 Å². The summed E-state index contributed by atoms with van der Waals surface area (Å²) in [4.78, 5) is 19.6. The van der Waals surface area contributed by atoms with Crippen molar-refractivity contribution >= 4 is 5.96 Å². The number of likely N-dealkylation sites (N-methyl/N-ethyl adjacent to an activating group) is 1. The molecule has 6 heteroatoms. The highest BCUT2D eigenvalue weighted by molar-refractivity contribution is 5.81. The van der Waals surface area contributed by atoms with Crippen LogP contribution in [0.3, 0.4) is 0 Å². The van der Waals surface area contributed by atoms with Gasteiger partial charge in [-0.3, -0.25) is 4.98 Å². The van der Waals surface area contributed by atoms with Crippen molar-refractivity contribution in [2.45, 2.75) is 18.9 Å². The van der Waals surface area contributed by atoms with Gasteiger partial charge < -0.3 is 10.6 Å². The highest BCUT2D eigenvalue weighted by Gasteiger charge is 2.41. The molecule has 4 rings (SSSR count). The summed E-state index contributed by atoms with van der Waals surface area (Å²) in [6, 6.07) is 12.5. The smallest absolute Gasteiger partial charge is 0.192 e. The zero-order valence-corrected chi connectivity index (χ0v) is 15.5. The summed E-state index contributed by atoms with van der Waals surface area (Å²) >= 11 is 0. The summed E-state index contributed by atoms with van der Waals surface area (Å²) in [7, 11) is 1.97. The molecule has 0 unspecified atom stereocenters. The molecule has 0 aliphatic carbocycles. The molecule has 2 N–H and O–H groups in total. The molecule has 2 aromatic heterocycles. The Morgan fingerprint density at radius 2 is 1.85 bits per heavy atom. The number of benzene rings is 1. The van der Waals surface area contributed by atoms with Crippen LogP contribution in [0.25, 0.3) is 11.1 Å². The third kappa shape index (κ3) is 3.03. The molecule has 0 saturated carbocycles. The highest BCUT2D eigenvalue weighted by Crippen LogP contribution is 2.39. The minimum Gasteiger partial charge on any atom is -0.370 e. The zero-order chi connectivity index (χ0) is 18.9. The summed E-state index contributed by atoms with van der Waals surface area (Å²) in [5, 5.41) is 0. The fourth-order valence-electron chi connectivity index (χ4n) is 3.55. The molecule has 0 spiro atoms. The van der Waals surface area contributed by atoms with Crippen molar-refractivity contribution < 1.29 is 0 Å². The lowest BCUT2D eigenvalue weighted by atomic mass is 9.82. The number of nitrogens with two attached hydrogens (primary N) is 1. The molecular weight excluding hydrogens is 336 g/mol. The van der Waals surface area contributed by atoms with Gasteiger partial charge in [-0.1, -0.05) is 25.1 Å². The Labute approximate surface area is 158 Å². The molecule has 1 aromatic carbocycles. The number of aryl methyl sites for hydroxylation is 1. The third-order valence-electron chi connectivity index (χ3n) is 5.05. The summed E-state index contributed by atoms with van der Waals surface area (Å²) in [5.74, 6) is 0.540. The summed E-state index contributed by atoms with van der Waals surface area (Å²) in [6.07, 6.45) is 7.90. The molecule has 3 heterocycles. The van der Waals surface area contributed by atoms with Crippen LogP contribution in [0.1, 0.15) is 23.7 Å². The van der Waals surface area contributed by atoms with Crippen LogP contribution in [0.15, 0.2) is 66.3 Å². The topological polar surface area (TPSA) is 80.3 Å². The van der Waals surface area contributed by atoms with E-state index in [-0.39, 0.29) is 0 Å². The number of pyridine rings is 1. The average Bonchev–Trinajstić information content (AvgIpc) is 3.04. The van der Waals surface area contributed by atoms with Gasteiger partial charge in [0.2, 0.25) is 0 Å². The molecule has 136 valence electrons. The van der Waals surface area contributed by atoms with Crippen LogP contribution < -0.4 is 5.73 Å². The molecule has 0 radical (unpaired) electrons. The van der Waals surface area contributed by atoms with Crippen molar-refractivity contribution in [3.05, 3.63) is 78.1 Å². The summed E-state index contributed by atoms with van der Waals surface area (Å²) in [5.41, 5.74) is 10.9. The first-order valence-electron chi connectivity index (χ1n) is 9.00. The lowest BCUT2D eigenvalue weighted by Gasteiger charge is -2.28. The van der Waals surface area contributed by atoms with Gasteiger partial charge in [0.15, 0.2) is 5.96 Å². The largest absolute Gasteiger partial charge is 0.370 e. The maximum Gasteiger partial charge on any atom is 0.192 e. The average molecular weight is 358 g/mol. The lowest BCUT2D eigenvalue weighted by molar-refractivity contribution is 0.432. The van der Waals surface area contributed by atoms with E-state index in [1.165, 1.54) is 6.33 Å². The summed E-state index contributed by atoms with van der Waals surface area (Å²) in [6.45, 7) is 2.79. The van der Waals surface area contributed by atoms with Crippen LogP contribution >= 0.6 is 0 Å². The molecule has 6 nitrogen and oxygen atoms in total. The lowest BCUT2D eigenvalue weighted by Crippen LogP contribution is -2.35. The molecule has 1 aliphatic rings. The Hall–Kier alpha value is -3.28. The SMILES string of the molecule is CCc1cc([C@@]2(c3cccc(-c4cncnc4)c3)CN(C)C(N)=N2)ccn1. The second-order valence-electron chi connectivity index (χ2n) is 6.78. The molecule has 0 bridgehead atoms. The fraction of sp³-hybridized carbons (Fsp3) is 0.238. The minimum absolute atomic E-state index is 0.540. The van der Waals surface area contributed by atoms with Crippen LogP contribution in [0.2, 0.25) is 0 Å². The molecule has 1 aliphatic heterocycles. The molecule has 0 fully saturated rings. The van der Waals surface area contributed by atoms with Crippen LogP contribution in [0.5, 0.6) is 0 Å². The first-order chi connectivity index (χ1) is 13.1. The van der Waals surface area contributed by atoms with E-state index in [0.29, 0.717) is 12.5 Å². The van der Waals surface area contributed by atoms with Crippen molar-refractivity contribution in [3.8, 4) is 11.1 Å². The van der Waals surface area contributed by atoms with E-state index in [0.717, 1.165) is 34.4 Å². The second-order valence-corrected chi connectivity index (χ2v) is 6.78. The Morgan fingerprint density at radius 3 is 2.56 bits per heavy atom. The normalized spacial score (nSPS) is 19.2. The van der Waals surface area contributed by atoms with E-state index >= 15 is 0 Å². The quantitative estimate of drug-likeness (QED) is 0.775. The van der Waals surface area contributed by atoms with Gasteiger partial charge in [-0.15, -0.1) is 0 Å². The zero-order valence-electron chi connectivity index (χ0n) is 15.5. The number of aliphatic imine (C=N–C) groups is 1. The maximum absolute atomic E-state index is 6.19. The van der Waals surface area contributed by atoms with Crippen molar-refractivity contribution in [1.29, 1.82) is 0 Å². The fourth-order valence-corrected chi connectivity index (χ4v) is 3.55. The van der Waals surface area contributed by atoms with Crippen LogP contribution in [0.4, 0.5) is 0 Å². The van der Waals surface area contributed by atoms with Crippen LogP contribution in [-0.4, -0.2) is 39.4 Å². The van der Waals surface area contributed by atoms with E-state index in [1.807, 2.05) is 42.7 Å². The predicted octanol–water partition coefficient (Wildman–Crippen LogP) is 2.60. The van der Waals surface area contributed by atoms with Gasteiger partial charge in [-0.2, -0.15) is 0 Å². The number of aromatic nitrogens is 3. The number of nitrogens with zero attached hydrogens (tertiary/aromatic N) is 5. The highest BCUT2D eigenvalue weighted by atomic mass is 15.3. The predicted molar refractivity (Wildman–Crippen MR) is 106 cm³/mol. The first-order valence-corrected chi connectivity index (χ1v) is 9.00. The third-order valence-corrected chi connectivity index (χ3v) is 5.05. The molecule has 3 aromatic rings. The van der Waals surface area contributed by atoms with E-state index < -0.39 is 5.54 Å². The van der Waals surface area contributed by atoms with Crippen molar-refractivity contribution in [2.24, 2.45) is 10.7 Å². The first kappa shape index (κ1) is 17.1. The van der Waals surface area contributed by atoms with E-state index in [2.05, 4.69) is 46.1 Å². The summed E-state index contributed by atoms with van der Waals surface area (Å²) < 4.78 is 0. The van der Waals surface area contributed by atoms with Gasteiger partial charge in [0.25, 0.3) is 0 Å². The van der Waals surface area contributed by atoms with Gasteiger partial charge in [0.05, 0.1) is 6.54 Å². The van der Waals surface area contributed by atoms with Crippen LogP contribution in [-0.2, 0) is 12.0 Å². The van der Waals surface area contributed by atoms with Gasteiger partial charge >= 0.3 is 0 Å². The Bertz CT molecular complexity index is 985. The van der Waals surface area contributed by atoms with Crippen LogP contribution in [0, 0.1) is 0 Å². The van der Waals surface area contributed by atoms with Gasteiger partial charge in [-0.25, -0.2) is 15.0 Å². The Kier molecular flexibility index (Phi) is 4.32. The number of hydrogen-bond donors (Lipinski definition) is 1. The molecular formula is C21H22N6. The van der Waals surface area contributed by atoms with Gasteiger partial charge in [-0.05, 0) is 41.3 Å². The second kappa shape index (κ2) is 6.79. The van der Waals surface area contributed by atoms with E-state index in [9.17, 15) is 0 Å². The molecule has 1 atom stereocenters. The minimum atomic E-state index is -0.558. The van der Waals surface area contributed by atoms with Crippen molar-refractivity contribution in [1.82, 2.24) is 19.9 Å². The van der Waals surface area contributed by atoms with Gasteiger partial charge in [0.1, 0.15) is 11.9 Å². The van der Waals surface area contributed by atoms with Crippen molar-refractivity contribution in [2.75, 3.05) is 13.6 Å². The maximum atomic E-state index is 6.19. The van der Waals surface area contributed by atoms with E-state index in [4.69, 9.17) is 10.7 Å².